The largest absolute Gasteiger partial charge is 0.394 e. The van der Waals surface area contributed by atoms with Gasteiger partial charge in [-0.15, -0.1) is 0 Å². The maximum atomic E-state index is 13.0. The van der Waals surface area contributed by atoms with Gasteiger partial charge in [0.1, 0.15) is 24.1 Å². The number of aliphatic hydroxyl groups excluding tert-OH is 4. The number of Topliss-reactive ketones (excluding diaryl/α,β-unsaturated/α-hetero) is 1. The molecule has 138 valence electrons. The Morgan fingerprint density at radius 1 is 1.17 bits per heavy atom. The molecule has 4 aliphatic heterocycles. The van der Waals surface area contributed by atoms with E-state index in [0.29, 0.717) is 32.0 Å². The topological polar surface area (TPSA) is 104 Å². The van der Waals surface area contributed by atoms with Gasteiger partial charge in [-0.2, -0.15) is 0 Å². The van der Waals surface area contributed by atoms with Gasteiger partial charge < -0.3 is 20.4 Å². The molecule has 0 aromatic heterocycles. The van der Waals surface area contributed by atoms with Crippen LogP contribution in [0.15, 0.2) is 0 Å². The van der Waals surface area contributed by atoms with Gasteiger partial charge >= 0.3 is 0 Å². The van der Waals surface area contributed by atoms with Crippen LogP contribution in [0.5, 0.6) is 0 Å². The smallest absolute Gasteiger partial charge is 0.150 e. The van der Waals surface area contributed by atoms with Crippen LogP contribution in [0.1, 0.15) is 33.1 Å². The van der Waals surface area contributed by atoms with Crippen molar-refractivity contribution in [1.29, 1.82) is 0 Å². The number of rotatable bonds is 7. The first-order valence-corrected chi connectivity index (χ1v) is 8.96. The summed E-state index contributed by atoms with van der Waals surface area (Å²) in [5.74, 6) is 0.347. The molecule has 0 aromatic carbocycles. The fraction of sp³-hybridized carbons (Fsp3) is 0.941. The summed E-state index contributed by atoms with van der Waals surface area (Å²) in [4.78, 5) is 17.2. The molecule has 0 spiro atoms. The summed E-state index contributed by atoms with van der Waals surface area (Å²) < 4.78 is 0. The van der Waals surface area contributed by atoms with Gasteiger partial charge in [-0.3, -0.25) is 14.6 Å². The monoisotopic (exact) mass is 342 g/mol. The van der Waals surface area contributed by atoms with E-state index in [0.717, 1.165) is 19.3 Å². The number of nitrogens with zero attached hydrogens (tertiary/aromatic N) is 2. The van der Waals surface area contributed by atoms with E-state index in [-0.39, 0.29) is 5.41 Å². The number of piperidine rings is 2. The molecule has 5 atom stereocenters. The Morgan fingerprint density at radius 3 is 2.25 bits per heavy atom. The molecule has 0 aliphatic carbocycles. The number of carbonyl (C=O) groups is 1. The third-order valence-electron chi connectivity index (χ3n) is 6.14. The first-order valence-electron chi connectivity index (χ1n) is 8.96. The summed E-state index contributed by atoms with van der Waals surface area (Å²) in [5, 5.41) is 39.4. The minimum atomic E-state index is -1.41. The highest BCUT2D eigenvalue weighted by Gasteiger charge is 2.64. The molecule has 4 saturated heterocycles. The van der Waals surface area contributed by atoms with Crippen molar-refractivity contribution >= 4 is 5.78 Å². The molecular formula is C17H30N2O5. The number of aliphatic hydroxyl groups is 4. The van der Waals surface area contributed by atoms with Gasteiger partial charge in [0.05, 0.1) is 23.6 Å². The fourth-order valence-corrected chi connectivity index (χ4v) is 5.15. The molecule has 4 aliphatic rings. The minimum absolute atomic E-state index is 0.347. The van der Waals surface area contributed by atoms with Crippen LogP contribution in [0.4, 0.5) is 0 Å². The van der Waals surface area contributed by atoms with E-state index in [2.05, 4.69) is 16.7 Å². The average molecular weight is 342 g/mol. The first kappa shape index (κ1) is 18.2. The Bertz CT molecular complexity index is 483. The van der Waals surface area contributed by atoms with E-state index in [4.69, 9.17) is 5.11 Å². The molecule has 4 heterocycles. The van der Waals surface area contributed by atoms with Crippen molar-refractivity contribution in [2.45, 2.75) is 57.6 Å². The second-order valence-corrected chi connectivity index (χ2v) is 8.23. The Labute approximate surface area is 142 Å². The van der Waals surface area contributed by atoms with Crippen LogP contribution >= 0.6 is 0 Å². The maximum absolute atomic E-state index is 13.0. The van der Waals surface area contributed by atoms with Gasteiger partial charge in [0.25, 0.3) is 0 Å². The van der Waals surface area contributed by atoms with Crippen LogP contribution in [0, 0.1) is 10.8 Å². The molecule has 2 unspecified atom stereocenters. The Morgan fingerprint density at radius 2 is 1.75 bits per heavy atom. The zero-order chi connectivity index (χ0) is 17.7. The van der Waals surface area contributed by atoms with Gasteiger partial charge in [0.2, 0.25) is 0 Å². The summed E-state index contributed by atoms with van der Waals surface area (Å²) in [6, 6.07) is 0. The van der Waals surface area contributed by atoms with E-state index >= 15 is 0 Å². The second-order valence-electron chi connectivity index (χ2n) is 8.23. The standard InChI is InChI=1S/C17H30N2O5/c1-3-4-5-17-9-18-7-16(2,15(17)24)8-19(10-17)14(18)13(23)12(22)11(21)6-20/h11-14,20-23H,3-10H2,1-2H3/t11-,12-,13-,14?,16?,17?/m0/s1. The summed E-state index contributed by atoms with van der Waals surface area (Å²) in [7, 11) is 0. The summed E-state index contributed by atoms with van der Waals surface area (Å²) in [6.07, 6.45) is -1.48. The van der Waals surface area contributed by atoms with E-state index in [9.17, 15) is 20.1 Å². The Hall–Kier alpha value is -0.570. The molecule has 7 heteroatoms. The van der Waals surface area contributed by atoms with E-state index in [1.807, 2.05) is 6.92 Å². The van der Waals surface area contributed by atoms with Crippen molar-refractivity contribution in [3.05, 3.63) is 0 Å². The lowest BCUT2D eigenvalue weighted by Gasteiger charge is -2.66. The summed E-state index contributed by atoms with van der Waals surface area (Å²) >= 11 is 0. The molecule has 4 N–H and O–H groups in total. The third-order valence-corrected chi connectivity index (χ3v) is 6.14. The predicted octanol–water partition coefficient (Wildman–Crippen LogP) is -1.22. The van der Waals surface area contributed by atoms with Crippen LogP contribution in [-0.2, 0) is 4.79 Å². The number of ketones is 1. The zero-order valence-corrected chi connectivity index (χ0v) is 14.6. The number of hydrogen-bond acceptors (Lipinski definition) is 7. The van der Waals surface area contributed by atoms with Gasteiger partial charge in [-0.05, 0) is 6.42 Å². The van der Waals surface area contributed by atoms with Crippen molar-refractivity contribution in [1.82, 2.24) is 9.80 Å². The van der Waals surface area contributed by atoms with Crippen LogP contribution in [0.3, 0.4) is 0 Å². The summed E-state index contributed by atoms with van der Waals surface area (Å²) in [5.41, 5.74) is -0.807. The molecule has 7 nitrogen and oxygen atoms in total. The fourth-order valence-electron chi connectivity index (χ4n) is 5.15. The Kier molecular flexibility index (Phi) is 4.79. The predicted molar refractivity (Wildman–Crippen MR) is 87.1 cm³/mol. The molecular weight excluding hydrogens is 312 g/mol. The van der Waals surface area contributed by atoms with Gasteiger partial charge in [0, 0.05) is 26.2 Å². The van der Waals surface area contributed by atoms with Crippen molar-refractivity contribution in [2.24, 2.45) is 10.8 Å². The first-order chi connectivity index (χ1) is 11.3. The molecule has 4 fully saturated rings. The van der Waals surface area contributed by atoms with Crippen molar-refractivity contribution in [3.63, 3.8) is 0 Å². The van der Waals surface area contributed by atoms with Crippen LogP contribution in [0.25, 0.3) is 0 Å². The Balaban J connectivity index is 1.84. The van der Waals surface area contributed by atoms with E-state index < -0.39 is 36.5 Å². The van der Waals surface area contributed by atoms with E-state index in [1.54, 1.807) is 0 Å². The highest BCUT2D eigenvalue weighted by atomic mass is 16.4. The number of carbonyl (C=O) groups excluding carboxylic acids is 1. The lowest BCUT2D eigenvalue weighted by molar-refractivity contribution is -0.229. The van der Waals surface area contributed by atoms with Crippen molar-refractivity contribution in [3.8, 4) is 0 Å². The van der Waals surface area contributed by atoms with Crippen LogP contribution in [-0.4, -0.2) is 93.3 Å². The van der Waals surface area contributed by atoms with Crippen LogP contribution in [0.2, 0.25) is 0 Å². The minimum Gasteiger partial charge on any atom is -0.394 e. The molecule has 4 rings (SSSR count). The molecule has 4 bridgehead atoms. The second kappa shape index (κ2) is 6.30. The highest BCUT2D eigenvalue weighted by Crippen LogP contribution is 2.51. The molecule has 24 heavy (non-hydrogen) atoms. The van der Waals surface area contributed by atoms with Crippen LogP contribution < -0.4 is 0 Å². The molecule has 0 saturated carbocycles. The number of hydrogen-bond donors (Lipinski definition) is 4. The van der Waals surface area contributed by atoms with Gasteiger partial charge in [-0.1, -0.05) is 26.7 Å². The highest BCUT2D eigenvalue weighted by molar-refractivity contribution is 5.93. The average Bonchev–Trinajstić information content (AvgIpc) is 2.55. The zero-order valence-electron chi connectivity index (χ0n) is 14.6. The lowest BCUT2D eigenvalue weighted by Crippen LogP contribution is -2.81. The summed E-state index contributed by atoms with van der Waals surface area (Å²) in [6.45, 7) is 5.85. The van der Waals surface area contributed by atoms with Crippen molar-refractivity contribution < 1.29 is 25.2 Å². The third kappa shape index (κ3) is 2.62. The quantitative estimate of drug-likeness (QED) is 0.460. The lowest BCUT2D eigenvalue weighted by atomic mass is 9.59. The van der Waals surface area contributed by atoms with E-state index in [1.165, 1.54) is 0 Å². The molecule has 0 amide bonds. The molecule has 0 radical (unpaired) electrons. The van der Waals surface area contributed by atoms with Gasteiger partial charge in [-0.25, -0.2) is 0 Å². The van der Waals surface area contributed by atoms with Crippen molar-refractivity contribution in [2.75, 3.05) is 32.8 Å². The maximum Gasteiger partial charge on any atom is 0.150 e. The normalized spacial score (nSPS) is 44.6. The SMILES string of the molecule is CCCCC12CN3CC(C)(CN(C1)C3[C@@H](O)[C@@H](O)[C@@H](O)CO)C2=O. The molecule has 0 aromatic rings. The van der Waals surface area contributed by atoms with Gasteiger partial charge in [0.15, 0.2) is 0 Å². The number of unbranched alkanes of at least 4 members (excludes halogenated alkanes) is 1.